The monoisotopic (exact) mass is 369 g/mol. The number of amides is 1. The number of hydrogen-bond donors (Lipinski definition) is 0. The molecule has 0 N–H and O–H groups in total. The number of hydrogen-bond acceptors (Lipinski definition) is 4. The Hall–Kier alpha value is -2.21. The summed E-state index contributed by atoms with van der Waals surface area (Å²) in [4.78, 5) is 17.3. The second-order valence-corrected chi connectivity index (χ2v) is 7.65. The number of nitrogens with zero attached hydrogens (tertiary/aromatic N) is 5. The normalized spacial score (nSPS) is 18.0. The largest absolute Gasteiger partial charge is 0.335 e. The van der Waals surface area contributed by atoms with Gasteiger partial charge in [0.1, 0.15) is 12.2 Å². The number of aryl methyl sites for hydroxylation is 1. The van der Waals surface area contributed by atoms with Crippen molar-refractivity contribution in [3.8, 4) is 0 Å². The summed E-state index contributed by atoms with van der Waals surface area (Å²) in [6.45, 7) is 10.2. The SMILES string of the molecule is CCn1cnnc1C1CCCN(CC(=O)N(Cc2ccccc2)C(C)C)C1. The molecule has 0 saturated carbocycles. The maximum absolute atomic E-state index is 13.0. The minimum atomic E-state index is 0.182. The van der Waals surface area contributed by atoms with E-state index in [1.165, 1.54) is 5.56 Å². The molecule has 1 saturated heterocycles. The molecule has 0 aliphatic carbocycles. The van der Waals surface area contributed by atoms with Crippen LogP contribution in [0.15, 0.2) is 36.7 Å². The zero-order chi connectivity index (χ0) is 19.2. The Bertz CT molecular complexity index is 727. The highest BCUT2D eigenvalue weighted by molar-refractivity contribution is 5.78. The first-order valence-electron chi connectivity index (χ1n) is 10.0. The Morgan fingerprint density at radius 2 is 2.07 bits per heavy atom. The predicted octanol–water partition coefficient (Wildman–Crippen LogP) is 2.91. The van der Waals surface area contributed by atoms with Gasteiger partial charge in [-0.2, -0.15) is 0 Å². The Balaban J connectivity index is 1.63. The molecule has 1 aliphatic rings. The van der Waals surface area contributed by atoms with Gasteiger partial charge in [-0.15, -0.1) is 10.2 Å². The quantitative estimate of drug-likeness (QED) is 0.753. The van der Waals surface area contributed by atoms with Crippen molar-refractivity contribution in [2.75, 3.05) is 19.6 Å². The van der Waals surface area contributed by atoms with Crippen molar-refractivity contribution in [3.63, 3.8) is 0 Å². The highest BCUT2D eigenvalue weighted by atomic mass is 16.2. The number of rotatable bonds is 7. The summed E-state index contributed by atoms with van der Waals surface area (Å²) in [5.74, 6) is 1.61. The summed E-state index contributed by atoms with van der Waals surface area (Å²) in [6.07, 6.45) is 4.01. The summed E-state index contributed by atoms with van der Waals surface area (Å²) < 4.78 is 2.12. The fourth-order valence-electron chi connectivity index (χ4n) is 3.85. The van der Waals surface area contributed by atoms with Gasteiger partial charge in [0.25, 0.3) is 0 Å². The molecule has 1 fully saturated rings. The van der Waals surface area contributed by atoms with Crippen LogP contribution in [0.1, 0.15) is 50.9 Å². The third kappa shape index (κ3) is 4.95. The van der Waals surface area contributed by atoms with Crippen LogP contribution in [-0.2, 0) is 17.9 Å². The van der Waals surface area contributed by atoms with E-state index in [-0.39, 0.29) is 11.9 Å². The molecule has 1 aliphatic heterocycles. The van der Waals surface area contributed by atoms with Crippen molar-refractivity contribution < 1.29 is 4.79 Å². The van der Waals surface area contributed by atoms with E-state index >= 15 is 0 Å². The lowest BCUT2D eigenvalue weighted by molar-refractivity contribution is -0.135. The van der Waals surface area contributed by atoms with Crippen molar-refractivity contribution in [1.29, 1.82) is 0 Å². The topological polar surface area (TPSA) is 54.3 Å². The molecule has 1 amide bonds. The first-order valence-corrected chi connectivity index (χ1v) is 10.0. The number of carbonyl (C=O) groups is 1. The van der Waals surface area contributed by atoms with Gasteiger partial charge >= 0.3 is 0 Å². The van der Waals surface area contributed by atoms with E-state index in [0.717, 1.165) is 38.3 Å². The van der Waals surface area contributed by atoms with Gasteiger partial charge in [0.15, 0.2) is 0 Å². The fourth-order valence-corrected chi connectivity index (χ4v) is 3.85. The van der Waals surface area contributed by atoms with Crippen LogP contribution in [0.5, 0.6) is 0 Å². The molecule has 1 aromatic heterocycles. The minimum absolute atomic E-state index is 0.182. The van der Waals surface area contributed by atoms with Crippen LogP contribution in [-0.4, -0.2) is 56.1 Å². The number of likely N-dealkylation sites (tertiary alicyclic amines) is 1. The van der Waals surface area contributed by atoms with Crippen LogP contribution in [0, 0.1) is 0 Å². The van der Waals surface area contributed by atoms with Crippen molar-refractivity contribution in [3.05, 3.63) is 48.0 Å². The van der Waals surface area contributed by atoms with E-state index < -0.39 is 0 Å². The predicted molar refractivity (Wildman–Crippen MR) is 106 cm³/mol. The van der Waals surface area contributed by atoms with Gasteiger partial charge in [0, 0.05) is 31.6 Å². The molecule has 0 spiro atoms. The first-order chi connectivity index (χ1) is 13.1. The molecule has 2 aromatic rings. The lowest BCUT2D eigenvalue weighted by Crippen LogP contribution is -2.46. The third-order valence-corrected chi connectivity index (χ3v) is 5.36. The average molecular weight is 370 g/mol. The maximum atomic E-state index is 13.0. The van der Waals surface area contributed by atoms with Gasteiger partial charge in [-0.25, -0.2) is 0 Å². The van der Waals surface area contributed by atoms with Crippen molar-refractivity contribution >= 4 is 5.91 Å². The van der Waals surface area contributed by atoms with Crippen molar-refractivity contribution in [1.82, 2.24) is 24.6 Å². The molecule has 6 heteroatoms. The highest BCUT2D eigenvalue weighted by Crippen LogP contribution is 2.25. The van der Waals surface area contributed by atoms with Gasteiger partial charge in [-0.1, -0.05) is 30.3 Å². The van der Waals surface area contributed by atoms with Gasteiger partial charge in [-0.3, -0.25) is 9.69 Å². The molecule has 0 bridgehead atoms. The van der Waals surface area contributed by atoms with E-state index in [2.05, 4.69) is 52.6 Å². The molecule has 1 unspecified atom stereocenters. The molecule has 27 heavy (non-hydrogen) atoms. The second-order valence-electron chi connectivity index (χ2n) is 7.65. The summed E-state index contributed by atoms with van der Waals surface area (Å²) >= 11 is 0. The van der Waals surface area contributed by atoms with E-state index in [9.17, 15) is 4.79 Å². The zero-order valence-corrected chi connectivity index (χ0v) is 16.7. The Morgan fingerprint density at radius 1 is 1.30 bits per heavy atom. The van der Waals surface area contributed by atoms with E-state index in [1.807, 2.05) is 23.1 Å². The highest BCUT2D eigenvalue weighted by Gasteiger charge is 2.28. The van der Waals surface area contributed by atoms with Gasteiger partial charge in [-0.05, 0) is 45.7 Å². The van der Waals surface area contributed by atoms with Crippen LogP contribution in [0.2, 0.25) is 0 Å². The number of aromatic nitrogens is 3. The number of piperidine rings is 1. The van der Waals surface area contributed by atoms with Crippen molar-refractivity contribution in [2.45, 2.75) is 58.7 Å². The molecule has 2 heterocycles. The molecule has 0 radical (unpaired) electrons. The fraction of sp³-hybridized carbons (Fsp3) is 0.571. The van der Waals surface area contributed by atoms with Crippen LogP contribution in [0.3, 0.4) is 0 Å². The number of benzene rings is 1. The Kier molecular flexibility index (Phi) is 6.61. The number of carbonyl (C=O) groups excluding carboxylic acids is 1. The minimum Gasteiger partial charge on any atom is -0.335 e. The lowest BCUT2D eigenvalue weighted by Gasteiger charge is -2.34. The van der Waals surface area contributed by atoms with Crippen LogP contribution in [0.25, 0.3) is 0 Å². The maximum Gasteiger partial charge on any atom is 0.237 e. The van der Waals surface area contributed by atoms with Crippen LogP contribution in [0.4, 0.5) is 0 Å². The molecule has 1 atom stereocenters. The summed E-state index contributed by atoms with van der Waals surface area (Å²) in [7, 11) is 0. The molecule has 6 nitrogen and oxygen atoms in total. The molecular weight excluding hydrogens is 338 g/mol. The summed E-state index contributed by atoms with van der Waals surface area (Å²) in [6, 6.07) is 10.4. The molecule has 146 valence electrons. The zero-order valence-electron chi connectivity index (χ0n) is 16.7. The van der Waals surface area contributed by atoms with Crippen molar-refractivity contribution in [2.24, 2.45) is 0 Å². The Morgan fingerprint density at radius 3 is 2.78 bits per heavy atom. The van der Waals surface area contributed by atoms with Crippen LogP contribution < -0.4 is 0 Å². The molecule has 3 rings (SSSR count). The van der Waals surface area contributed by atoms with Gasteiger partial charge < -0.3 is 9.47 Å². The van der Waals surface area contributed by atoms with E-state index in [4.69, 9.17) is 0 Å². The van der Waals surface area contributed by atoms with Gasteiger partial charge in [0.2, 0.25) is 5.91 Å². The first kappa shape index (κ1) is 19.5. The standard InChI is InChI=1S/C21H31N5O/c1-4-25-16-22-23-21(25)19-11-8-12-24(14-19)15-20(27)26(17(2)3)13-18-9-6-5-7-10-18/h5-7,9-10,16-17,19H,4,8,11-15H2,1-3H3. The Labute approximate surface area is 162 Å². The van der Waals surface area contributed by atoms with E-state index in [0.29, 0.717) is 19.0 Å². The second kappa shape index (κ2) is 9.13. The molecular formula is C21H31N5O. The molecule has 1 aromatic carbocycles. The average Bonchev–Trinajstić information content (AvgIpc) is 3.15. The summed E-state index contributed by atoms with van der Waals surface area (Å²) in [5.41, 5.74) is 1.17. The van der Waals surface area contributed by atoms with Crippen LogP contribution >= 0.6 is 0 Å². The summed E-state index contributed by atoms with van der Waals surface area (Å²) in [5, 5.41) is 8.41. The van der Waals surface area contributed by atoms with Gasteiger partial charge in [0.05, 0.1) is 6.54 Å². The van der Waals surface area contributed by atoms with E-state index in [1.54, 1.807) is 6.33 Å². The lowest BCUT2D eigenvalue weighted by atomic mass is 9.97. The smallest absolute Gasteiger partial charge is 0.237 e. The third-order valence-electron chi connectivity index (χ3n) is 5.36.